The molecule has 1 N–H and O–H groups in total. The number of aryl methyl sites for hydroxylation is 1. The molecule has 2 aromatic heterocycles. The molecule has 0 saturated heterocycles. The van der Waals surface area contributed by atoms with Crippen LogP contribution < -0.4 is 10.4 Å². The van der Waals surface area contributed by atoms with E-state index in [2.05, 4.69) is 4.98 Å². The van der Waals surface area contributed by atoms with Gasteiger partial charge in [0.2, 0.25) is 5.43 Å². The van der Waals surface area contributed by atoms with Gasteiger partial charge in [0.1, 0.15) is 12.7 Å². The van der Waals surface area contributed by atoms with Crippen molar-refractivity contribution in [1.82, 2.24) is 14.6 Å². The van der Waals surface area contributed by atoms with Gasteiger partial charge in [0.15, 0.2) is 23.1 Å². The summed E-state index contributed by atoms with van der Waals surface area (Å²) < 4.78 is 30.1. The summed E-state index contributed by atoms with van der Waals surface area (Å²) in [6.07, 6.45) is 7.69. The van der Waals surface area contributed by atoms with Crippen LogP contribution in [0, 0.1) is 11.6 Å². The normalized spacial score (nSPS) is 17.9. The number of carbonyl (C=O) groups excluding carboxylic acids is 1. The molecule has 2 aliphatic heterocycles. The predicted octanol–water partition coefficient (Wildman–Crippen LogP) is 2.87. The highest BCUT2D eigenvalue weighted by molar-refractivity contribution is 5.96. The van der Waals surface area contributed by atoms with Crippen molar-refractivity contribution in [3.63, 3.8) is 0 Å². The standard InChI is InChI=1S/C24H20F2N4O3/c25-17-12-15-6-2-1-5-10-28-14-30(29-11-8-20(31)23(32)22(29)24(28)33)21(16(15)13-18(17)26)19-7-3-4-9-27-19/h1,3-5,7-9,11-13,21,32H,2,6,10,14H2. The minimum Gasteiger partial charge on any atom is -0.502 e. The topological polar surface area (TPSA) is 78.7 Å². The summed E-state index contributed by atoms with van der Waals surface area (Å²) in [4.78, 5) is 31.3. The van der Waals surface area contributed by atoms with E-state index in [1.165, 1.54) is 21.8 Å². The second-order valence-corrected chi connectivity index (χ2v) is 7.96. The molecule has 1 aromatic carbocycles. The van der Waals surface area contributed by atoms with Crippen molar-refractivity contribution in [1.29, 1.82) is 0 Å². The van der Waals surface area contributed by atoms with Crippen molar-refractivity contribution in [2.24, 2.45) is 0 Å². The Kier molecular flexibility index (Phi) is 5.16. The molecule has 1 amide bonds. The number of aromatic hydroxyl groups is 1. The number of hydrogen-bond acceptors (Lipinski definition) is 5. The van der Waals surface area contributed by atoms with E-state index in [0.717, 1.165) is 12.1 Å². The Hall–Kier alpha value is -4.01. The smallest absolute Gasteiger partial charge is 0.278 e. The van der Waals surface area contributed by atoms with Crippen LogP contribution in [0.1, 0.15) is 39.8 Å². The maximum Gasteiger partial charge on any atom is 0.278 e. The Morgan fingerprint density at radius 2 is 1.88 bits per heavy atom. The number of hydrogen-bond donors (Lipinski definition) is 1. The lowest BCUT2D eigenvalue weighted by Gasteiger charge is -2.43. The van der Waals surface area contributed by atoms with Crippen LogP contribution in [0.25, 0.3) is 0 Å². The van der Waals surface area contributed by atoms with E-state index in [1.54, 1.807) is 29.4 Å². The molecule has 9 heteroatoms. The summed E-state index contributed by atoms with van der Waals surface area (Å²) in [6, 6.07) is 8.08. The van der Waals surface area contributed by atoms with Gasteiger partial charge in [-0.3, -0.25) is 24.3 Å². The van der Waals surface area contributed by atoms with Crippen LogP contribution in [0.15, 0.2) is 65.7 Å². The third-order valence-corrected chi connectivity index (χ3v) is 5.95. The van der Waals surface area contributed by atoms with E-state index in [0.29, 0.717) is 29.7 Å². The number of carbonyl (C=O) groups is 1. The van der Waals surface area contributed by atoms with E-state index in [-0.39, 0.29) is 18.9 Å². The van der Waals surface area contributed by atoms with E-state index in [4.69, 9.17) is 0 Å². The average molecular weight is 450 g/mol. The molecule has 0 radical (unpaired) electrons. The molecule has 5 rings (SSSR count). The van der Waals surface area contributed by atoms with Crippen molar-refractivity contribution in [2.45, 2.75) is 18.9 Å². The number of fused-ring (bicyclic) bond motifs is 5. The quantitative estimate of drug-likeness (QED) is 0.577. The molecule has 0 saturated carbocycles. The fourth-order valence-corrected chi connectivity index (χ4v) is 4.38. The molecule has 0 aliphatic carbocycles. The van der Waals surface area contributed by atoms with Gasteiger partial charge in [-0.05, 0) is 48.2 Å². The molecular weight excluding hydrogens is 430 g/mol. The van der Waals surface area contributed by atoms with Gasteiger partial charge in [0.05, 0.1) is 5.69 Å². The van der Waals surface area contributed by atoms with Crippen LogP contribution in [0.3, 0.4) is 0 Å². The predicted molar refractivity (Wildman–Crippen MR) is 116 cm³/mol. The van der Waals surface area contributed by atoms with Gasteiger partial charge < -0.3 is 10.0 Å². The van der Waals surface area contributed by atoms with Crippen LogP contribution in [0.2, 0.25) is 0 Å². The van der Waals surface area contributed by atoms with Crippen LogP contribution in [0.4, 0.5) is 8.78 Å². The number of benzene rings is 1. The maximum atomic E-state index is 14.5. The Balaban J connectivity index is 1.82. The van der Waals surface area contributed by atoms with Crippen molar-refractivity contribution in [2.75, 3.05) is 18.2 Å². The Bertz CT molecular complexity index is 1320. The van der Waals surface area contributed by atoms with E-state index >= 15 is 0 Å². The summed E-state index contributed by atoms with van der Waals surface area (Å²) in [6.45, 7) is 0.310. The first-order valence-corrected chi connectivity index (χ1v) is 10.5. The van der Waals surface area contributed by atoms with Crippen LogP contribution in [0.5, 0.6) is 5.75 Å². The summed E-state index contributed by atoms with van der Waals surface area (Å²) >= 11 is 0. The number of amides is 1. The van der Waals surface area contributed by atoms with Gasteiger partial charge in [-0.25, -0.2) is 8.78 Å². The molecule has 2 bridgehead atoms. The summed E-state index contributed by atoms with van der Waals surface area (Å²) in [5, 5.41) is 12.2. The molecule has 168 valence electrons. The van der Waals surface area contributed by atoms with Gasteiger partial charge in [-0.15, -0.1) is 0 Å². The highest BCUT2D eigenvalue weighted by atomic mass is 19.2. The monoisotopic (exact) mass is 450 g/mol. The molecule has 1 unspecified atom stereocenters. The lowest BCUT2D eigenvalue weighted by Crippen LogP contribution is -2.55. The Labute approximate surface area is 187 Å². The fraction of sp³-hybridized carbons (Fsp3) is 0.208. The molecule has 3 aromatic rings. The number of allylic oxidation sites excluding steroid dienone is 1. The van der Waals surface area contributed by atoms with Crippen LogP contribution in [-0.2, 0) is 6.42 Å². The minimum atomic E-state index is -0.993. The summed E-state index contributed by atoms with van der Waals surface area (Å²) in [5.74, 6) is -3.10. The summed E-state index contributed by atoms with van der Waals surface area (Å²) in [5.41, 5.74) is 0.758. The van der Waals surface area contributed by atoms with Crippen molar-refractivity contribution >= 4 is 5.91 Å². The molecule has 4 heterocycles. The van der Waals surface area contributed by atoms with E-state index in [1.807, 2.05) is 12.2 Å². The molecule has 0 spiro atoms. The molecule has 1 atom stereocenters. The second-order valence-electron chi connectivity index (χ2n) is 7.96. The molecule has 7 nitrogen and oxygen atoms in total. The third kappa shape index (κ3) is 3.55. The van der Waals surface area contributed by atoms with Crippen molar-refractivity contribution in [3.8, 4) is 5.75 Å². The zero-order chi connectivity index (χ0) is 23.1. The fourth-order valence-electron chi connectivity index (χ4n) is 4.38. The summed E-state index contributed by atoms with van der Waals surface area (Å²) in [7, 11) is 0. The van der Waals surface area contributed by atoms with Gasteiger partial charge in [-0.1, -0.05) is 18.2 Å². The van der Waals surface area contributed by atoms with E-state index in [9.17, 15) is 23.5 Å². The zero-order valence-electron chi connectivity index (χ0n) is 17.5. The molecular formula is C24H20F2N4O3. The van der Waals surface area contributed by atoms with Crippen molar-refractivity contribution < 1.29 is 18.7 Å². The lowest BCUT2D eigenvalue weighted by atomic mass is 9.93. The number of halogens is 2. The van der Waals surface area contributed by atoms with Crippen LogP contribution in [-0.4, -0.2) is 38.8 Å². The first kappa shape index (κ1) is 20.9. The lowest BCUT2D eigenvalue weighted by molar-refractivity contribution is 0.0701. The third-order valence-electron chi connectivity index (χ3n) is 5.95. The Morgan fingerprint density at radius 3 is 2.67 bits per heavy atom. The first-order chi connectivity index (χ1) is 16.0. The number of nitrogens with zero attached hydrogens (tertiary/aromatic N) is 4. The number of pyridine rings is 2. The maximum absolute atomic E-state index is 14.5. The Morgan fingerprint density at radius 1 is 1.06 bits per heavy atom. The number of rotatable bonds is 1. The van der Waals surface area contributed by atoms with E-state index < -0.39 is 34.8 Å². The highest BCUT2D eigenvalue weighted by Crippen LogP contribution is 2.34. The van der Waals surface area contributed by atoms with Gasteiger partial charge in [0, 0.05) is 25.0 Å². The number of aromatic nitrogens is 2. The van der Waals surface area contributed by atoms with Gasteiger partial charge in [0.25, 0.3) is 5.91 Å². The average Bonchev–Trinajstić information content (AvgIpc) is 2.84. The minimum absolute atomic E-state index is 0.0676. The van der Waals surface area contributed by atoms with Gasteiger partial charge in [-0.2, -0.15) is 0 Å². The zero-order valence-corrected chi connectivity index (χ0v) is 17.5. The first-order valence-electron chi connectivity index (χ1n) is 10.5. The van der Waals surface area contributed by atoms with Gasteiger partial charge >= 0.3 is 0 Å². The highest BCUT2D eigenvalue weighted by Gasteiger charge is 2.37. The molecule has 33 heavy (non-hydrogen) atoms. The molecule has 2 aliphatic rings. The van der Waals surface area contributed by atoms with Crippen LogP contribution >= 0.6 is 0 Å². The van der Waals surface area contributed by atoms with Crippen molar-refractivity contribution in [3.05, 3.63) is 105 Å². The SMILES string of the molecule is O=C1c2c(O)c(=O)ccn2N2CN1CC=CCCc1cc(F)c(F)cc1C2c1ccccn1. The second kappa shape index (κ2) is 8.16. The molecule has 0 fully saturated rings. The largest absolute Gasteiger partial charge is 0.502 e.